The minimum atomic E-state index is -0.216. The van der Waals surface area contributed by atoms with Crippen molar-refractivity contribution in [1.29, 1.82) is 0 Å². The molecule has 0 aliphatic heterocycles. The largest absolute Gasteiger partial charge is 0.298 e. The summed E-state index contributed by atoms with van der Waals surface area (Å²) in [6, 6.07) is 3.40. The highest BCUT2D eigenvalue weighted by molar-refractivity contribution is 14.1. The first-order chi connectivity index (χ1) is 6.60. The quantitative estimate of drug-likeness (QED) is 0.371. The molecule has 1 aromatic rings. The number of aryl methyl sites for hydroxylation is 1. The Morgan fingerprint density at radius 1 is 1.57 bits per heavy atom. The molecule has 2 nitrogen and oxygen atoms in total. The zero-order valence-corrected chi connectivity index (χ0v) is 10.4. The monoisotopic (exact) mass is 322 g/mol. The molecule has 0 amide bonds. The Balaban J connectivity index is 3.34. The molecule has 0 saturated heterocycles. The third-order valence-corrected chi connectivity index (χ3v) is 3.28. The molecule has 0 aromatic heterocycles. The Kier molecular flexibility index (Phi) is 4.07. The van der Waals surface area contributed by atoms with E-state index in [1.54, 1.807) is 12.1 Å². The number of carbonyl (C=O) groups excluding carboxylic acids is 2. The van der Waals surface area contributed by atoms with E-state index >= 15 is 0 Å². The minimum Gasteiger partial charge on any atom is -0.298 e. The van der Waals surface area contributed by atoms with Crippen molar-refractivity contribution in [3.63, 3.8) is 0 Å². The number of ketones is 1. The predicted molar refractivity (Wildman–Crippen MR) is 64.3 cm³/mol. The van der Waals surface area contributed by atoms with Crippen LogP contribution in [-0.4, -0.2) is 17.9 Å². The average Bonchev–Trinajstić information content (AvgIpc) is 2.20. The van der Waals surface area contributed by atoms with Crippen LogP contribution in [0.5, 0.6) is 0 Å². The lowest BCUT2D eigenvalue weighted by Crippen LogP contribution is -2.06. The first-order valence-electron chi connectivity index (χ1n) is 3.94. The Morgan fingerprint density at radius 2 is 2.21 bits per heavy atom. The van der Waals surface area contributed by atoms with E-state index in [1.165, 1.54) is 0 Å². The van der Waals surface area contributed by atoms with Gasteiger partial charge in [0.25, 0.3) is 0 Å². The fourth-order valence-corrected chi connectivity index (χ4v) is 1.73. The van der Waals surface area contributed by atoms with Crippen molar-refractivity contribution in [1.82, 2.24) is 0 Å². The first-order valence-corrected chi connectivity index (χ1v) is 5.56. The lowest BCUT2D eigenvalue weighted by molar-refractivity contribution is 0.101. The number of carbonyl (C=O) groups is 2. The standard InChI is InChI=1S/C10H8ClIO2/c1-6-2-7(5-13)8(3-9(6)12)10(14)4-11/h2-3,5H,4H2,1H3. The summed E-state index contributed by atoms with van der Waals surface area (Å²) in [7, 11) is 0. The van der Waals surface area contributed by atoms with Gasteiger partial charge in [-0.15, -0.1) is 11.6 Å². The van der Waals surface area contributed by atoms with Crippen molar-refractivity contribution in [2.24, 2.45) is 0 Å². The van der Waals surface area contributed by atoms with E-state index < -0.39 is 0 Å². The van der Waals surface area contributed by atoms with Crippen molar-refractivity contribution in [3.05, 3.63) is 32.4 Å². The summed E-state index contributed by atoms with van der Waals surface area (Å²) in [5.41, 5.74) is 1.80. The van der Waals surface area contributed by atoms with Gasteiger partial charge >= 0.3 is 0 Å². The van der Waals surface area contributed by atoms with Crippen LogP contribution in [0.4, 0.5) is 0 Å². The Hall–Kier alpha value is -0.420. The molecule has 74 valence electrons. The molecule has 4 heteroatoms. The minimum absolute atomic E-state index is 0.0972. The molecule has 0 radical (unpaired) electrons. The van der Waals surface area contributed by atoms with E-state index in [0.717, 1.165) is 9.13 Å². The summed E-state index contributed by atoms with van der Waals surface area (Å²) < 4.78 is 0.960. The molecular weight excluding hydrogens is 314 g/mol. The Bertz CT molecular complexity index is 388. The van der Waals surface area contributed by atoms with Crippen LogP contribution < -0.4 is 0 Å². The molecule has 0 heterocycles. The normalized spacial score (nSPS) is 9.93. The van der Waals surface area contributed by atoms with Crippen LogP contribution in [0.2, 0.25) is 0 Å². The van der Waals surface area contributed by atoms with Crippen molar-refractivity contribution in [2.75, 3.05) is 5.88 Å². The second-order valence-electron chi connectivity index (χ2n) is 2.86. The van der Waals surface area contributed by atoms with Crippen LogP contribution in [0.15, 0.2) is 12.1 Å². The highest BCUT2D eigenvalue weighted by Gasteiger charge is 2.11. The van der Waals surface area contributed by atoms with Gasteiger partial charge in [0.05, 0.1) is 5.88 Å². The van der Waals surface area contributed by atoms with Crippen molar-refractivity contribution in [3.8, 4) is 0 Å². The SMILES string of the molecule is Cc1cc(C=O)c(C(=O)CCl)cc1I. The highest BCUT2D eigenvalue weighted by atomic mass is 127. The van der Waals surface area contributed by atoms with Gasteiger partial charge in [-0.05, 0) is 47.2 Å². The van der Waals surface area contributed by atoms with E-state index in [9.17, 15) is 9.59 Å². The molecule has 0 atom stereocenters. The first kappa shape index (κ1) is 11.7. The maximum absolute atomic E-state index is 11.4. The van der Waals surface area contributed by atoms with Crippen LogP contribution in [-0.2, 0) is 0 Å². The smallest absolute Gasteiger partial charge is 0.178 e. The lowest BCUT2D eigenvalue weighted by atomic mass is 10.0. The number of halogens is 2. The van der Waals surface area contributed by atoms with Gasteiger partial charge in [-0.25, -0.2) is 0 Å². The van der Waals surface area contributed by atoms with Gasteiger partial charge in [-0.3, -0.25) is 9.59 Å². The van der Waals surface area contributed by atoms with Gasteiger partial charge < -0.3 is 0 Å². The Morgan fingerprint density at radius 3 is 2.71 bits per heavy atom. The third kappa shape index (κ3) is 2.33. The topological polar surface area (TPSA) is 34.1 Å². The number of Topliss-reactive ketones (excluding diaryl/α,β-unsaturated/α-hetero) is 1. The van der Waals surface area contributed by atoms with Gasteiger partial charge in [-0.1, -0.05) is 0 Å². The summed E-state index contributed by atoms with van der Waals surface area (Å²) in [4.78, 5) is 22.1. The van der Waals surface area contributed by atoms with Gasteiger partial charge in [0.2, 0.25) is 0 Å². The molecular formula is C10H8ClIO2. The predicted octanol–water partition coefficient (Wildman–Crippen LogP) is 2.83. The Labute approximate surface area is 101 Å². The van der Waals surface area contributed by atoms with Crippen LogP contribution >= 0.6 is 34.2 Å². The van der Waals surface area contributed by atoms with Crippen molar-refractivity contribution < 1.29 is 9.59 Å². The molecule has 1 aromatic carbocycles. The van der Waals surface area contributed by atoms with E-state index in [1.807, 2.05) is 6.92 Å². The maximum Gasteiger partial charge on any atom is 0.178 e. The molecule has 0 bridgehead atoms. The number of hydrogen-bond acceptors (Lipinski definition) is 2. The summed E-state index contributed by atoms with van der Waals surface area (Å²) >= 11 is 7.56. The van der Waals surface area contributed by atoms with Crippen LogP contribution in [0.3, 0.4) is 0 Å². The molecule has 0 N–H and O–H groups in total. The lowest BCUT2D eigenvalue weighted by Gasteiger charge is -2.05. The van der Waals surface area contributed by atoms with Gasteiger partial charge in [-0.2, -0.15) is 0 Å². The van der Waals surface area contributed by atoms with Gasteiger partial charge in [0.15, 0.2) is 12.1 Å². The third-order valence-electron chi connectivity index (χ3n) is 1.88. The average molecular weight is 323 g/mol. The number of aldehydes is 1. The number of alkyl halides is 1. The maximum atomic E-state index is 11.4. The zero-order valence-electron chi connectivity index (χ0n) is 7.51. The van der Waals surface area contributed by atoms with E-state index in [2.05, 4.69) is 22.6 Å². The summed E-state index contributed by atoms with van der Waals surface area (Å²) in [5, 5.41) is 0. The van der Waals surface area contributed by atoms with E-state index in [0.29, 0.717) is 17.4 Å². The second-order valence-corrected chi connectivity index (χ2v) is 4.29. The molecule has 0 saturated carbocycles. The van der Waals surface area contributed by atoms with Crippen LogP contribution in [0.1, 0.15) is 26.3 Å². The van der Waals surface area contributed by atoms with Crippen LogP contribution in [0.25, 0.3) is 0 Å². The number of rotatable bonds is 3. The molecule has 0 unspecified atom stereocenters. The number of hydrogen-bond donors (Lipinski definition) is 0. The summed E-state index contributed by atoms with van der Waals surface area (Å²) in [6.07, 6.45) is 0.683. The fraction of sp³-hybridized carbons (Fsp3) is 0.200. The summed E-state index contributed by atoms with van der Waals surface area (Å²) in [6.45, 7) is 1.89. The second kappa shape index (κ2) is 4.89. The van der Waals surface area contributed by atoms with Crippen molar-refractivity contribution >= 4 is 46.3 Å². The van der Waals surface area contributed by atoms with Gasteiger partial charge in [0, 0.05) is 14.7 Å². The molecule has 0 fully saturated rings. The molecule has 1 rings (SSSR count). The fourth-order valence-electron chi connectivity index (χ4n) is 1.11. The number of benzene rings is 1. The van der Waals surface area contributed by atoms with Crippen molar-refractivity contribution in [2.45, 2.75) is 6.92 Å². The zero-order chi connectivity index (χ0) is 10.7. The van der Waals surface area contributed by atoms with Crippen LogP contribution in [0, 0.1) is 10.5 Å². The van der Waals surface area contributed by atoms with E-state index in [-0.39, 0.29) is 11.7 Å². The molecule has 0 aliphatic rings. The molecule has 0 spiro atoms. The van der Waals surface area contributed by atoms with E-state index in [4.69, 9.17) is 11.6 Å². The van der Waals surface area contributed by atoms with Gasteiger partial charge in [0.1, 0.15) is 0 Å². The molecule has 0 aliphatic carbocycles. The summed E-state index contributed by atoms with van der Waals surface area (Å²) in [5.74, 6) is -0.313. The molecule has 14 heavy (non-hydrogen) atoms. The highest BCUT2D eigenvalue weighted by Crippen LogP contribution is 2.18.